The quantitative estimate of drug-likeness (QED) is 0.740. The van der Waals surface area contributed by atoms with Crippen LogP contribution in [0.5, 0.6) is 0 Å². The third-order valence-electron chi connectivity index (χ3n) is 2.96. The Labute approximate surface area is 115 Å². The van der Waals surface area contributed by atoms with Gasteiger partial charge in [0.2, 0.25) is 15.9 Å². The number of nitrogens with two attached hydrogens (primary N) is 1. The van der Waals surface area contributed by atoms with Gasteiger partial charge in [-0.1, -0.05) is 20.8 Å². The second kappa shape index (κ2) is 6.19. The van der Waals surface area contributed by atoms with E-state index in [1.807, 2.05) is 20.8 Å². The van der Waals surface area contributed by atoms with E-state index in [9.17, 15) is 13.2 Å². The largest absolute Gasteiger partial charge is 0.369 e. The van der Waals surface area contributed by atoms with Gasteiger partial charge in [0, 0.05) is 12.6 Å². The third kappa shape index (κ3) is 5.46. The van der Waals surface area contributed by atoms with Crippen molar-refractivity contribution in [3.8, 4) is 0 Å². The van der Waals surface area contributed by atoms with Crippen molar-refractivity contribution >= 4 is 15.9 Å². The Morgan fingerprint density at radius 1 is 1.42 bits per heavy atom. The Bertz CT molecular complexity index is 408. The van der Waals surface area contributed by atoms with Gasteiger partial charge in [0.15, 0.2) is 0 Å². The number of rotatable bonds is 5. The third-order valence-corrected chi connectivity index (χ3v) is 5.34. The van der Waals surface area contributed by atoms with E-state index in [4.69, 9.17) is 5.73 Å². The van der Waals surface area contributed by atoms with Crippen molar-refractivity contribution in [2.75, 3.05) is 25.4 Å². The molecule has 0 radical (unpaired) electrons. The molecule has 1 aliphatic heterocycles. The predicted molar refractivity (Wildman–Crippen MR) is 75.0 cm³/mol. The van der Waals surface area contributed by atoms with Crippen molar-refractivity contribution in [3.63, 3.8) is 0 Å². The fourth-order valence-corrected chi connectivity index (χ4v) is 4.54. The van der Waals surface area contributed by atoms with E-state index in [1.54, 1.807) is 0 Å². The molecule has 1 amide bonds. The van der Waals surface area contributed by atoms with Crippen molar-refractivity contribution in [2.24, 2.45) is 11.1 Å². The van der Waals surface area contributed by atoms with Gasteiger partial charge in [-0.2, -0.15) is 4.31 Å². The highest BCUT2D eigenvalue weighted by atomic mass is 32.2. The molecule has 7 heteroatoms. The second-order valence-corrected chi connectivity index (χ2v) is 8.25. The summed E-state index contributed by atoms with van der Waals surface area (Å²) < 4.78 is 26.2. The summed E-state index contributed by atoms with van der Waals surface area (Å²) in [5.41, 5.74) is 4.84. The lowest BCUT2D eigenvalue weighted by Gasteiger charge is -2.34. The molecule has 0 aliphatic carbocycles. The van der Waals surface area contributed by atoms with Gasteiger partial charge in [-0.25, -0.2) is 8.42 Å². The first-order valence-corrected chi connectivity index (χ1v) is 8.21. The van der Waals surface area contributed by atoms with E-state index in [0.717, 1.165) is 19.4 Å². The zero-order chi connectivity index (χ0) is 14.7. The normalized spacial score (nSPS) is 21.6. The van der Waals surface area contributed by atoms with Crippen LogP contribution in [-0.2, 0) is 14.8 Å². The highest BCUT2D eigenvalue weighted by Gasteiger charge is 2.34. The molecular formula is C12H25N3O3S. The Kier molecular flexibility index (Phi) is 5.34. The molecule has 112 valence electrons. The van der Waals surface area contributed by atoms with Gasteiger partial charge >= 0.3 is 0 Å². The Hall–Kier alpha value is -0.660. The molecule has 0 bridgehead atoms. The zero-order valence-corrected chi connectivity index (χ0v) is 12.8. The molecular weight excluding hydrogens is 266 g/mol. The summed E-state index contributed by atoms with van der Waals surface area (Å²) in [6.45, 7) is 6.84. The molecule has 0 aromatic rings. The topological polar surface area (TPSA) is 92.5 Å². The summed E-state index contributed by atoms with van der Waals surface area (Å²) in [5, 5.41) is 3.17. The zero-order valence-electron chi connectivity index (χ0n) is 12.0. The minimum atomic E-state index is -3.48. The summed E-state index contributed by atoms with van der Waals surface area (Å²) in [7, 11) is -3.48. The summed E-state index contributed by atoms with van der Waals surface area (Å²) >= 11 is 0. The van der Waals surface area contributed by atoms with Crippen LogP contribution >= 0.6 is 0 Å². The van der Waals surface area contributed by atoms with Gasteiger partial charge in [-0.05, 0) is 24.8 Å². The number of sulfonamides is 1. The van der Waals surface area contributed by atoms with Crippen LogP contribution in [-0.4, -0.2) is 50.1 Å². The summed E-state index contributed by atoms with van der Waals surface area (Å²) in [6, 6.07) is -0.173. The second-order valence-electron chi connectivity index (χ2n) is 6.33. The molecule has 19 heavy (non-hydrogen) atoms. The fourth-order valence-electron chi connectivity index (χ4n) is 2.32. The number of carbonyl (C=O) groups is 1. The Morgan fingerprint density at radius 3 is 2.47 bits per heavy atom. The van der Waals surface area contributed by atoms with Gasteiger partial charge < -0.3 is 11.1 Å². The average Bonchev–Trinajstić information content (AvgIpc) is 2.23. The van der Waals surface area contributed by atoms with E-state index in [1.165, 1.54) is 4.31 Å². The lowest BCUT2D eigenvalue weighted by molar-refractivity contribution is -0.118. The van der Waals surface area contributed by atoms with Crippen molar-refractivity contribution < 1.29 is 13.2 Å². The number of nitrogens with zero attached hydrogens (tertiary/aromatic N) is 1. The van der Waals surface area contributed by atoms with E-state index in [-0.39, 0.29) is 23.8 Å². The Balaban J connectivity index is 2.91. The number of piperidine rings is 1. The molecule has 1 aliphatic rings. The van der Waals surface area contributed by atoms with Crippen LogP contribution in [0.4, 0.5) is 0 Å². The number of hydrogen-bond acceptors (Lipinski definition) is 4. The van der Waals surface area contributed by atoms with E-state index in [2.05, 4.69) is 5.32 Å². The minimum absolute atomic E-state index is 0.0176. The molecule has 0 saturated carbocycles. The molecule has 1 unspecified atom stereocenters. The lowest BCUT2D eigenvalue weighted by Crippen LogP contribution is -2.52. The fraction of sp³-hybridized carbons (Fsp3) is 0.917. The van der Waals surface area contributed by atoms with E-state index >= 15 is 0 Å². The van der Waals surface area contributed by atoms with Gasteiger partial charge in [0.05, 0.1) is 12.3 Å². The standard InChI is InChI=1S/C12H25N3O3S/c1-12(2,3)9-19(17,18)15(8-11(13)16)10-5-4-6-14-7-10/h10,14H,4-9H2,1-3H3,(H2,13,16). The van der Waals surface area contributed by atoms with Crippen LogP contribution in [0, 0.1) is 5.41 Å². The van der Waals surface area contributed by atoms with Crippen LogP contribution in [0.1, 0.15) is 33.6 Å². The van der Waals surface area contributed by atoms with Crippen molar-refractivity contribution in [2.45, 2.75) is 39.7 Å². The SMILES string of the molecule is CC(C)(C)CS(=O)(=O)N(CC(N)=O)C1CCCNC1. The van der Waals surface area contributed by atoms with E-state index < -0.39 is 15.9 Å². The first-order valence-electron chi connectivity index (χ1n) is 6.60. The van der Waals surface area contributed by atoms with Crippen LogP contribution in [0.25, 0.3) is 0 Å². The smallest absolute Gasteiger partial charge is 0.232 e. The van der Waals surface area contributed by atoms with Gasteiger partial charge in [0.1, 0.15) is 0 Å². The van der Waals surface area contributed by atoms with Gasteiger partial charge in [-0.3, -0.25) is 4.79 Å². The number of primary amides is 1. The van der Waals surface area contributed by atoms with Crippen molar-refractivity contribution in [1.29, 1.82) is 0 Å². The number of amides is 1. The molecule has 1 saturated heterocycles. The molecule has 0 aromatic carbocycles. The highest BCUT2D eigenvalue weighted by molar-refractivity contribution is 7.89. The molecule has 3 N–H and O–H groups in total. The molecule has 6 nitrogen and oxygen atoms in total. The maximum Gasteiger partial charge on any atom is 0.232 e. The molecule has 0 aromatic heterocycles. The molecule has 1 fully saturated rings. The summed E-state index contributed by atoms with van der Waals surface area (Å²) in [4.78, 5) is 11.2. The molecule has 1 rings (SSSR count). The average molecular weight is 291 g/mol. The maximum atomic E-state index is 12.5. The monoisotopic (exact) mass is 291 g/mol. The predicted octanol–water partition coefficient (Wildman–Crippen LogP) is -0.0984. The summed E-state index contributed by atoms with van der Waals surface area (Å²) in [6.07, 6.45) is 1.68. The molecule has 1 heterocycles. The Morgan fingerprint density at radius 2 is 2.05 bits per heavy atom. The molecule has 0 spiro atoms. The van der Waals surface area contributed by atoms with E-state index in [0.29, 0.717) is 6.54 Å². The van der Waals surface area contributed by atoms with Crippen molar-refractivity contribution in [1.82, 2.24) is 9.62 Å². The van der Waals surface area contributed by atoms with Crippen LogP contribution < -0.4 is 11.1 Å². The van der Waals surface area contributed by atoms with Gasteiger partial charge in [-0.15, -0.1) is 0 Å². The molecule has 1 atom stereocenters. The van der Waals surface area contributed by atoms with Crippen LogP contribution in [0.2, 0.25) is 0 Å². The lowest BCUT2D eigenvalue weighted by atomic mass is 10.0. The van der Waals surface area contributed by atoms with Gasteiger partial charge in [0.25, 0.3) is 0 Å². The number of nitrogens with one attached hydrogen (secondary N) is 1. The first-order chi connectivity index (χ1) is 8.62. The summed E-state index contributed by atoms with van der Waals surface area (Å²) in [5.74, 6) is -0.591. The first kappa shape index (κ1) is 16.4. The van der Waals surface area contributed by atoms with Crippen molar-refractivity contribution in [3.05, 3.63) is 0 Å². The highest BCUT2D eigenvalue weighted by Crippen LogP contribution is 2.22. The number of carbonyl (C=O) groups excluding carboxylic acids is 1. The minimum Gasteiger partial charge on any atom is -0.369 e. The van der Waals surface area contributed by atoms with Crippen LogP contribution in [0.15, 0.2) is 0 Å². The van der Waals surface area contributed by atoms with Crippen LogP contribution in [0.3, 0.4) is 0 Å². The number of hydrogen-bond donors (Lipinski definition) is 2. The maximum absolute atomic E-state index is 12.5.